The number of primary amides is 1. The number of amides is 2. The molecule has 1 fully saturated rings. The number of ether oxygens (including phenoxy) is 1. The summed E-state index contributed by atoms with van der Waals surface area (Å²) in [6.07, 6.45) is 3.24. The molecule has 0 spiro atoms. The van der Waals surface area contributed by atoms with Gasteiger partial charge in [0.2, 0.25) is 5.91 Å². The smallest absolute Gasteiger partial charge is 0.255 e. The lowest BCUT2D eigenvalue weighted by atomic mass is 9.96. The van der Waals surface area contributed by atoms with E-state index in [2.05, 4.69) is 4.98 Å². The van der Waals surface area contributed by atoms with Crippen LogP contribution in [-0.2, 0) is 9.53 Å². The molecular formula is C14H19N3O3. The van der Waals surface area contributed by atoms with Crippen LogP contribution in [0.4, 0.5) is 0 Å². The molecule has 0 radical (unpaired) electrons. The zero-order chi connectivity index (χ0) is 14.7. The first kappa shape index (κ1) is 14.5. The summed E-state index contributed by atoms with van der Waals surface area (Å²) >= 11 is 0. The Balaban J connectivity index is 2.14. The Morgan fingerprint density at radius 3 is 2.80 bits per heavy atom. The highest BCUT2D eigenvalue weighted by atomic mass is 16.5. The minimum Gasteiger partial charge on any atom is -0.384 e. The first-order chi connectivity index (χ1) is 9.52. The van der Waals surface area contributed by atoms with E-state index in [0.29, 0.717) is 25.3 Å². The van der Waals surface area contributed by atoms with Crippen LogP contribution < -0.4 is 5.73 Å². The van der Waals surface area contributed by atoms with Gasteiger partial charge in [-0.2, -0.15) is 0 Å². The van der Waals surface area contributed by atoms with Crippen LogP contribution in [0.1, 0.15) is 15.9 Å². The summed E-state index contributed by atoms with van der Waals surface area (Å²) in [5, 5.41) is 0. The number of carbonyl (C=O) groups excluding carboxylic acids is 2. The summed E-state index contributed by atoms with van der Waals surface area (Å²) in [5.74, 6) is -0.897. The van der Waals surface area contributed by atoms with Crippen molar-refractivity contribution in [1.82, 2.24) is 9.88 Å². The molecule has 1 saturated heterocycles. The van der Waals surface area contributed by atoms with Crippen LogP contribution in [0, 0.1) is 18.8 Å². The third-order valence-corrected chi connectivity index (χ3v) is 3.60. The molecule has 2 rings (SSSR count). The van der Waals surface area contributed by atoms with Gasteiger partial charge in [0.1, 0.15) is 0 Å². The molecule has 6 heteroatoms. The summed E-state index contributed by atoms with van der Waals surface area (Å²) < 4.78 is 5.10. The van der Waals surface area contributed by atoms with E-state index >= 15 is 0 Å². The van der Waals surface area contributed by atoms with Gasteiger partial charge in [0.15, 0.2) is 0 Å². The third kappa shape index (κ3) is 2.96. The second kappa shape index (κ2) is 6.00. The summed E-state index contributed by atoms with van der Waals surface area (Å²) in [5.41, 5.74) is 6.86. The highest BCUT2D eigenvalue weighted by molar-refractivity contribution is 5.94. The monoisotopic (exact) mass is 277 g/mol. The first-order valence-electron chi connectivity index (χ1n) is 6.52. The highest BCUT2D eigenvalue weighted by Gasteiger charge is 2.38. The van der Waals surface area contributed by atoms with Gasteiger partial charge in [-0.15, -0.1) is 0 Å². The summed E-state index contributed by atoms with van der Waals surface area (Å²) in [6.45, 7) is 3.13. The SMILES string of the molecule is COC[C@@H]1CN(C(=O)c2cncc(C)c2)C[C@H]1C(N)=O. The van der Waals surface area contributed by atoms with Gasteiger partial charge in [-0.1, -0.05) is 0 Å². The number of hydrogen-bond acceptors (Lipinski definition) is 4. The summed E-state index contributed by atoms with van der Waals surface area (Å²) in [4.78, 5) is 29.5. The van der Waals surface area contributed by atoms with Crippen LogP contribution >= 0.6 is 0 Å². The molecule has 0 bridgehead atoms. The number of likely N-dealkylation sites (tertiary alicyclic amines) is 1. The van der Waals surface area contributed by atoms with Crippen molar-refractivity contribution in [2.45, 2.75) is 6.92 Å². The predicted molar refractivity (Wildman–Crippen MR) is 72.9 cm³/mol. The number of methoxy groups -OCH3 is 1. The van der Waals surface area contributed by atoms with Crippen LogP contribution in [0.15, 0.2) is 18.5 Å². The molecule has 2 heterocycles. The number of hydrogen-bond donors (Lipinski definition) is 1. The molecule has 1 aliphatic rings. The second-order valence-electron chi connectivity index (χ2n) is 5.19. The van der Waals surface area contributed by atoms with E-state index in [1.807, 2.05) is 6.92 Å². The average molecular weight is 277 g/mol. The lowest BCUT2D eigenvalue weighted by molar-refractivity contribution is -0.122. The molecule has 20 heavy (non-hydrogen) atoms. The fourth-order valence-electron chi connectivity index (χ4n) is 2.60. The van der Waals surface area contributed by atoms with Gasteiger partial charge in [-0.25, -0.2) is 0 Å². The van der Waals surface area contributed by atoms with E-state index in [0.717, 1.165) is 5.56 Å². The van der Waals surface area contributed by atoms with Crippen molar-refractivity contribution in [2.75, 3.05) is 26.8 Å². The summed E-state index contributed by atoms with van der Waals surface area (Å²) in [6, 6.07) is 1.79. The van der Waals surface area contributed by atoms with Crippen LogP contribution in [0.25, 0.3) is 0 Å². The Kier molecular flexibility index (Phi) is 4.34. The molecule has 1 aromatic heterocycles. The van der Waals surface area contributed by atoms with E-state index in [4.69, 9.17) is 10.5 Å². The fraction of sp³-hybridized carbons (Fsp3) is 0.500. The molecule has 108 valence electrons. The van der Waals surface area contributed by atoms with Crippen molar-refractivity contribution in [3.63, 3.8) is 0 Å². The predicted octanol–water partition coefficient (Wildman–Crippen LogP) is 0.210. The number of carbonyl (C=O) groups is 2. The Morgan fingerprint density at radius 1 is 1.45 bits per heavy atom. The van der Waals surface area contributed by atoms with Gasteiger partial charge >= 0.3 is 0 Å². The zero-order valence-electron chi connectivity index (χ0n) is 11.7. The second-order valence-corrected chi connectivity index (χ2v) is 5.19. The lowest BCUT2D eigenvalue weighted by Crippen LogP contribution is -2.32. The van der Waals surface area contributed by atoms with Crippen molar-refractivity contribution in [3.8, 4) is 0 Å². The number of nitrogens with two attached hydrogens (primary N) is 1. The zero-order valence-corrected chi connectivity index (χ0v) is 11.7. The normalized spacial score (nSPS) is 22.0. The van der Waals surface area contributed by atoms with Gasteiger partial charge in [0, 0.05) is 38.5 Å². The van der Waals surface area contributed by atoms with Gasteiger partial charge < -0.3 is 15.4 Å². The molecule has 1 aliphatic heterocycles. The lowest BCUT2D eigenvalue weighted by Gasteiger charge is -2.16. The third-order valence-electron chi connectivity index (χ3n) is 3.60. The molecule has 0 aliphatic carbocycles. The van der Waals surface area contributed by atoms with Crippen LogP contribution in [0.5, 0.6) is 0 Å². The highest BCUT2D eigenvalue weighted by Crippen LogP contribution is 2.25. The van der Waals surface area contributed by atoms with Gasteiger partial charge in [-0.3, -0.25) is 14.6 Å². The number of nitrogens with zero attached hydrogens (tertiary/aromatic N) is 2. The maximum atomic E-state index is 12.4. The van der Waals surface area contributed by atoms with E-state index < -0.39 is 0 Å². The molecule has 1 aromatic rings. The topological polar surface area (TPSA) is 85.5 Å². The summed E-state index contributed by atoms with van der Waals surface area (Å²) in [7, 11) is 1.58. The van der Waals surface area contributed by atoms with E-state index in [1.165, 1.54) is 6.20 Å². The quantitative estimate of drug-likeness (QED) is 0.852. The maximum absolute atomic E-state index is 12.4. The molecule has 0 unspecified atom stereocenters. The number of rotatable bonds is 4. The Morgan fingerprint density at radius 2 is 2.20 bits per heavy atom. The number of aromatic nitrogens is 1. The minimum atomic E-state index is -0.385. The van der Waals surface area contributed by atoms with E-state index in [1.54, 1.807) is 24.3 Å². The molecule has 6 nitrogen and oxygen atoms in total. The standard InChI is InChI=1S/C14H19N3O3/c1-9-3-10(5-16-4-9)14(19)17-6-11(8-20-2)12(7-17)13(15)18/h3-5,11-12H,6-8H2,1-2H3,(H2,15,18)/t11-,12+/m0/s1. The van der Waals surface area contributed by atoms with Crippen molar-refractivity contribution >= 4 is 11.8 Å². The molecule has 0 saturated carbocycles. The molecular weight excluding hydrogens is 258 g/mol. The Bertz CT molecular complexity index is 518. The fourth-order valence-corrected chi connectivity index (χ4v) is 2.60. The van der Waals surface area contributed by atoms with Crippen LogP contribution in [0.2, 0.25) is 0 Å². The van der Waals surface area contributed by atoms with Crippen molar-refractivity contribution in [3.05, 3.63) is 29.6 Å². The van der Waals surface area contributed by atoms with Crippen LogP contribution in [-0.4, -0.2) is 48.5 Å². The molecule has 2 N–H and O–H groups in total. The molecule has 2 atom stereocenters. The minimum absolute atomic E-state index is 0.0424. The average Bonchev–Trinajstić information content (AvgIpc) is 2.82. The molecule has 0 aromatic carbocycles. The van der Waals surface area contributed by atoms with E-state index in [9.17, 15) is 9.59 Å². The Labute approximate surface area is 117 Å². The van der Waals surface area contributed by atoms with Crippen molar-refractivity contribution < 1.29 is 14.3 Å². The largest absolute Gasteiger partial charge is 0.384 e. The number of aryl methyl sites for hydroxylation is 1. The maximum Gasteiger partial charge on any atom is 0.255 e. The molecule has 2 amide bonds. The van der Waals surface area contributed by atoms with E-state index in [-0.39, 0.29) is 23.7 Å². The van der Waals surface area contributed by atoms with Crippen LogP contribution in [0.3, 0.4) is 0 Å². The van der Waals surface area contributed by atoms with Gasteiger partial charge in [0.05, 0.1) is 18.1 Å². The first-order valence-corrected chi connectivity index (χ1v) is 6.52. The van der Waals surface area contributed by atoms with Crippen molar-refractivity contribution in [1.29, 1.82) is 0 Å². The van der Waals surface area contributed by atoms with Gasteiger partial charge in [-0.05, 0) is 18.6 Å². The number of pyridine rings is 1. The van der Waals surface area contributed by atoms with Crippen molar-refractivity contribution in [2.24, 2.45) is 17.6 Å². The van der Waals surface area contributed by atoms with Gasteiger partial charge in [0.25, 0.3) is 5.91 Å². The Hall–Kier alpha value is -1.95.